The van der Waals surface area contributed by atoms with Crippen molar-refractivity contribution in [3.05, 3.63) is 35.9 Å². The van der Waals surface area contributed by atoms with E-state index in [0.29, 0.717) is 11.4 Å². The van der Waals surface area contributed by atoms with Gasteiger partial charge in [-0.3, -0.25) is 0 Å². The van der Waals surface area contributed by atoms with Gasteiger partial charge in [-0.2, -0.15) is 15.0 Å². The summed E-state index contributed by atoms with van der Waals surface area (Å²) in [5, 5.41) is 0. The zero-order valence-corrected chi connectivity index (χ0v) is 14.3. The number of hydrogen-bond acceptors (Lipinski definition) is 6. The van der Waals surface area contributed by atoms with Gasteiger partial charge in [-0.15, -0.1) is 0 Å². The SMILES string of the molecule is CC1(CCCc2ccccc2)CCN(c2nc(N)nc(N)n2)CC1. The third kappa shape index (κ3) is 4.13. The summed E-state index contributed by atoms with van der Waals surface area (Å²) in [4.78, 5) is 14.4. The highest BCUT2D eigenvalue weighted by atomic mass is 15.3. The lowest BCUT2D eigenvalue weighted by atomic mass is 9.76. The van der Waals surface area contributed by atoms with Crippen molar-refractivity contribution in [1.82, 2.24) is 15.0 Å². The molecule has 0 atom stereocenters. The first-order valence-electron chi connectivity index (χ1n) is 8.60. The Bertz CT molecular complexity index is 644. The Kier molecular flexibility index (Phi) is 4.83. The Hall–Kier alpha value is -2.37. The van der Waals surface area contributed by atoms with Crippen LogP contribution in [0, 0.1) is 5.41 Å². The van der Waals surface area contributed by atoms with Gasteiger partial charge in [-0.1, -0.05) is 37.3 Å². The molecule has 2 heterocycles. The molecule has 0 aliphatic carbocycles. The normalized spacial score (nSPS) is 17.0. The Morgan fingerprint density at radius 2 is 1.62 bits per heavy atom. The average molecular weight is 326 g/mol. The van der Waals surface area contributed by atoms with E-state index in [9.17, 15) is 0 Å². The van der Waals surface area contributed by atoms with Crippen molar-refractivity contribution < 1.29 is 0 Å². The monoisotopic (exact) mass is 326 g/mol. The van der Waals surface area contributed by atoms with Gasteiger partial charge < -0.3 is 16.4 Å². The Balaban J connectivity index is 1.51. The second-order valence-corrected chi connectivity index (χ2v) is 6.99. The van der Waals surface area contributed by atoms with Crippen LogP contribution in [0.1, 0.15) is 38.2 Å². The minimum Gasteiger partial charge on any atom is -0.368 e. The molecule has 6 heteroatoms. The molecule has 1 aliphatic rings. The number of piperidine rings is 1. The Morgan fingerprint density at radius 1 is 1.00 bits per heavy atom. The van der Waals surface area contributed by atoms with E-state index in [1.54, 1.807) is 0 Å². The molecule has 0 radical (unpaired) electrons. The first kappa shape index (κ1) is 16.5. The minimum atomic E-state index is 0.189. The molecular weight excluding hydrogens is 300 g/mol. The van der Waals surface area contributed by atoms with Crippen LogP contribution in [0.3, 0.4) is 0 Å². The second kappa shape index (κ2) is 7.03. The fourth-order valence-electron chi connectivity index (χ4n) is 3.40. The van der Waals surface area contributed by atoms with Crippen molar-refractivity contribution in [1.29, 1.82) is 0 Å². The van der Waals surface area contributed by atoms with E-state index in [-0.39, 0.29) is 11.9 Å². The van der Waals surface area contributed by atoms with Gasteiger partial charge in [0.15, 0.2) is 0 Å². The van der Waals surface area contributed by atoms with Crippen molar-refractivity contribution in [2.75, 3.05) is 29.5 Å². The van der Waals surface area contributed by atoms with E-state index in [1.807, 2.05) is 0 Å². The molecule has 1 aliphatic heterocycles. The zero-order chi connectivity index (χ0) is 17.0. The average Bonchev–Trinajstić information content (AvgIpc) is 2.55. The molecule has 3 rings (SSSR count). The summed E-state index contributed by atoms with van der Waals surface area (Å²) >= 11 is 0. The molecule has 1 saturated heterocycles. The van der Waals surface area contributed by atoms with Crippen molar-refractivity contribution in [2.45, 2.75) is 39.0 Å². The number of benzene rings is 1. The van der Waals surface area contributed by atoms with E-state index in [4.69, 9.17) is 11.5 Å². The van der Waals surface area contributed by atoms with Gasteiger partial charge in [0.1, 0.15) is 0 Å². The summed E-state index contributed by atoms with van der Waals surface area (Å²) in [7, 11) is 0. The molecule has 1 aromatic carbocycles. The molecule has 6 nitrogen and oxygen atoms in total. The standard InChI is InChI=1S/C18H26N6/c1-18(9-5-8-14-6-3-2-4-7-14)10-12-24(13-11-18)17-22-15(19)21-16(20)23-17/h2-4,6-7H,5,8-13H2,1H3,(H4,19,20,21,22,23). The van der Waals surface area contributed by atoms with Crippen LogP contribution in [0.5, 0.6) is 0 Å². The van der Waals surface area contributed by atoms with Crippen LogP contribution >= 0.6 is 0 Å². The fourth-order valence-corrected chi connectivity index (χ4v) is 3.40. The third-order valence-corrected chi connectivity index (χ3v) is 5.00. The third-order valence-electron chi connectivity index (χ3n) is 5.00. The Labute approximate surface area is 143 Å². The van der Waals surface area contributed by atoms with E-state index < -0.39 is 0 Å². The van der Waals surface area contributed by atoms with Gasteiger partial charge in [-0.25, -0.2) is 0 Å². The van der Waals surface area contributed by atoms with Gasteiger partial charge in [0.25, 0.3) is 0 Å². The van der Waals surface area contributed by atoms with Gasteiger partial charge in [0.05, 0.1) is 0 Å². The molecule has 0 unspecified atom stereocenters. The molecule has 24 heavy (non-hydrogen) atoms. The highest BCUT2D eigenvalue weighted by molar-refractivity contribution is 5.40. The quantitative estimate of drug-likeness (QED) is 0.877. The summed E-state index contributed by atoms with van der Waals surface area (Å²) in [5.74, 6) is 0.980. The van der Waals surface area contributed by atoms with Crippen molar-refractivity contribution in [3.63, 3.8) is 0 Å². The van der Waals surface area contributed by atoms with Gasteiger partial charge in [-0.05, 0) is 43.1 Å². The number of rotatable bonds is 5. The maximum atomic E-state index is 5.67. The summed E-state index contributed by atoms with van der Waals surface area (Å²) in [6.45, 7) is 4.26. The van der Waals surface area contributed by atoms with E-state index in [1.165, 1.54) is 18.4 Å². The molecular formula is C18H26N6. The highest BCUT2D eigenvalue weighted by Gasteiger charge is 2.30. The number of anilines is 3. The molecule has 0 bridgehead atoms. The number of nitrogens with two attached hydrogens (primary N) is 2. The van der Waals surface area contributed by atoms with E-state index in [0.717, 1.165) is 32.4 Å². The van der Waals surface area contributed by atoms with E-state index in [2.05, 4.69) is 57.1 Å². The largest absolute Gasteiger partial charge is 0.368 e. The molecule has 1 fully saturated rings. The highest BCUT2D eigenvalue weighted by Crippen LogP contribution is 2.36. The van der Waals surface area contributed by atoms with Crippen LogP contribution in [0.4, 0.5) is 17.8 Å². The molecule has 2 aromatic rings. The summed E-state index contributed by atoms with van der Waals surface area (Å²) in [6, 6.07) is 10.7. The van der Waals surface area contributed by atoms with Gasteiger partial charge in [0.2, 0.25) is 17.8 Å². The molecule has 128 valence electrons. The van der Waals surface area contributed by atoms with Crippen molar-refractivity contribution in [3.8, 4) is 0 Å². The van der Waals surface area contributed by atoms with Crippen molar-refractivity contribution >= 4 is 17.8 Å². The fraction of sp³-hybridized carbons (Fsp3) is 0.500. The molecule has 0 saturated carbocycles. The molecule has 0 spiro atoms. The van der Waals surface area contributed by atoms with Gasteiger partial charge >= 0.3 is 0 Å². The lowest BCUT2D eigenvalue weighted by Crippen LogP contribution is -2.39. The zero-order valence-electron chi connectivity index (χ0n) is 14.3. The van der Waals surface area contributed by atoms with E-state index >= 15 is 0 Å². The summed E-state index contributed by atoms with van der Waals surface area (Å²) in [6.07, 6.45) is 5.89. The topological polar surface area (TPSA) is 94.0 Å². The lowest BCUT2D eigenvalue weighted by molar-refractivity contribution is 0.222. The van der Waals surface area contributed by atoms with Crippen LogP contribution < -0.4 is 16.4 Å². The lowest BCUT2D eigenvalue weighted by Gasteiger charge is -2.39. The number of aromatic nitrogens is 3. The molecule has 0 amide bonds. The van der Waals surface area contributed by atoms with Crippen LogP contribution in [0.25, 0.3) is 0 Å². The smallest absolute Gasteiger partial charge is 0.231 e. The van der Waals surface area contributed by atoms with Gasteiger partial charge in [0, 0.05) is 13.1 Å². The number of nitrogen functional groups attached to an aromatic ring is 2. The van der Waals surface area contributed by atoms with Crippen LogP contribution in [0.15, 0.2) is 30.3 Å². The molecule has 1 aromatic heterocycles. The predicted molar refractivity (Wildman–Crippen MR) is 97.6 cm³/mol. The van der Waals surface area contributed by atoms with Crippen LogP contribution in [0.2, 0.25) is 0 Å². The first-order chi connectivity index (χ1) is 11.5. The maximum absolute atomic E-state index is 5.67. The summed E-state index contributed by atoms with van der Waals surface area (Å²) in [5.41, 5.74) is 13.2. The maximum Gasteiger partial charge on any atom is 0.231 e. The second-order valence-electron chi connectivity index (χ2n) is 6.99. The Morgan fingerprint density at radius 3 is 2.25 bits per heavy atom. The number of hydrogen-bond donors (Lipinski definition) is 2. The van der Waals surface area contributed by atoms with Crippen LogP contribution in [-0.2, 0) is 6.42 Å². The first-order valence-corrected chi connectivity index (χ1v) is 8.60. The van der Waals surface area contributed by atoms with Crippen molar-refractivity contribution in [2.24, 2.45) is 5.41 Å². The predicted octanol–water partition coefficient (Wildman–Crippen LogP) is 2.67. The minimum absolute atomic E-state index is 0.189. The van der Waals surface area contributed by atoms with Crippen LogP contribution in [-0.4, -0.2) is 28.0 Å². The number of aryl methyl sites for hydroxylation is 1. The molecule has 4 N–H and O–H groups in total. The summed E-state index contributed by atoms with van der Waals surface area (Å²) < 4.78 is 0. The number of nitrogens with zero attached hydrogens (tertiary/aromatic N) is 4.